The lowest BCUT2D eigenvalue weighted by atomic mass is 10.1. The van der Waals surface area contributed by atoms with E-state index in [0.29, 0.717) is 0 Å². The van der Waals surface area contributed by atoms with Crippen molar-refractivity contribution < 1.29 is 10.2 Å². The Kier molecular flexibility index (Phi) is 11.2. The summed E-state index contributed by atoms with van der Waals surface area (Å²) in [6.07, 6.45) is 4.48. The maximum absolute atomic E-state index is 9.27. The fraction of sp³-hybridized carbons (Fsp3) is 1.00. The molecule has 0 heterocycles. The summed E-state index contributed by atoms with van der Waals surface area (Å²) in [6, 6.07) is -0.0955. The maximum Gasteiger partial charge on any atom is 0.0600 e. The van der Waals surface area contributed by atoms with Gasteiger partial charge in [0.05, 0.1) is 13.2 Å². The van der Waals surface area contributed by atoms with Crippen LogP contribution < -0.4 is 10.6 Å². The van der Waals surface area contributed by atoms with Crippen LogP contribution in [0.3, 0.4) is 0 Å². The molecule has 4 N–H and O–H groups in total. The zero-order chi connectivity index (χ0) is 12.2. The highest BCUT2D eigenvalue weighted by molar-refractivity contribution is 4.81. The van der Waals surface area contributed by atoms with Gasteiger partial charge in [0.25, 0.3) is 0 Å². The summed E-state index contributed by atoms with van der Waals surface area (Å²) in [6.45, 7) is 6.20. The lowest BCUT2D eigenvalue weighted by Gasteiger charge is -2.26. The standard InChI is InChI=1S/C12H28N2O2/c1-3-5-7-13-11(9-15)12(10-16)14-8-6-4-2/h11-16H,3-10H2,1-2H3. The first kappa shape index (κ1) is 15.8. The summed E-state index contributed by atoms with van der Waals surface area (Å²) < 4.78 is 0. The Morgan fingerprint density at radius 2 is 1.19 bits per heavy atom. The molecule has 0 aliphatic carbocycles. The first-order chi connectivity index (χ1) is 7.79. The van der Waals surface area contributed by atoms with E-state index in [0.717, 1.165) is 38.8 Å². The van der Waals surface area contributed by atoms with Gasteiger partial charge in [-0.3, -0.25) is 0 Å². The second kappa shape index (κ2) is 11.3. The number of nitrogens with one attached hydrogen (secondary N) is 2. The Morgan fingerprint density at radius 1 is 0.812 bits per heavy atom. The first-order valence-electron chi connectivity index (χ1n) is 6.48. The van der Waals surface area contributed by atoms with Gasteiger partial charge in [0.1, 0.15) is 0 Å². The minimum atomic E-state index is -0.0478. The van der Waals surface area contributed by atoms with Gasteiger partial charge in [0, 0.05) is 12.1 Å². The van der Waals surface area contributed by atoms with Crippen molar-refractivity contribution in [1.82, 2.24) is 10.6 Å². The third kappa shape index (κ3) is 7.17. The zero-order valence-corrected chi connectivity index (χ0v) is 10.7. The number of rotatable bonds is 11. The molecule has 0 rings (SSSR count). The number of unbranched alkanes of at least 4 members (excludes halogenated alkanes) is 2. The van der Waals surface area contributed by atoms with E-state index in [2.05, 4.69) is 24.5 Å². The average molecular weight is 232 g/mol. The molecule has 98 valence electrons. The van der Waals surface area contributed by atoms with Gasteiger partial charge in [-0.1, -0.05) is 26.7 Å². The van der Waals surface area contributed by atoms with Crippen molar-refractivity contribution in [3.8, 4) is 0 Å². The highest BCUT2D eigenvalue weighted by Crippen LogP contribution is 1.95. The minimum absolute atomic E-state index is 0.0478. The molecule has 4 heteroatoms. The van der Waals surface area contributed by atoms with Gasteiger partial charge in [-0.05, 0) is 25.9 Å². The highest BCUT2D eigenvalue weighted by atomic mass is 16.3. The summed E-state index contributed by atoms with van der Waals surface area (Å²) >= 11 is 0. The van der Waals surface area contributed by atoms with E-state index in [4.69, 9.17) is 0 Å². The molecule has 0 bridgehead atoms. The van der Waals surface area contributed by atoms with E-state index in [1.165, 1.54) is 0 Å². The van der Waals surface area contributed by atoms with Crippen molar-refractivity contribution in [2.45, 2.75) is 51.6 Å². The van der Waals surface area contributed by atoms with Gasteiger partial charge >= 0.3 is 0 Å². The third-order valence-corrected chi connectivity index (χ3v) is 2.75. The van der Waals surface area contributed by atoms with Crippen LogP contribution in [0.2, 0.25) is 0 Å². The molecule has 0 fully saturated rings. The SMILES string of the molecule is CCCCNC(CO)C(CO)NCCCC. The van der Waals surface area contributed by atoms with Crippen LogP contribution in [0.25, 0.3) is 0 Å². The predicted molar refractivity (Wildman–Crippen MR) is 67.6 cm³/mol. The van der Waals surface area contributed by atoms with Crippen LogP contribution in [0.4, 0.5) is 0 Å². The molecule has 0 spiro atoms. The van der Waals surface area contributed by atoms with Crippen LogP contribution in [0.5, 0.6) is 0 Å². The largest absolute Gasteiger partial charge is 0.395 e. The van der Waals surface area contributed by atoms with Crippen LogP contribution >= 0.6 is 0 Å². The summed E-state index contributed by atoms with van der Waals surface area (Å²) in [7, 11) is 0. The Morgan fingerprint density at radius 3 is 1.44 bits per heavy atom. The van der Waals surface area contributed by atoms with Gasteiger partial charge in [0.2, 0.25) is 0 Å². The van der Waals surface area contributed by atoms with Gasteiger partial charge in [-0.2, -0.15) is 0 Å². The van der Waals surface area contributed by atoms with Crippen molar-refractivity contribution >= 4 is 0 Å². The summed E-state index contributed by atoms with van der Waals surface area (Å²) in [4.78, 5) is 0. The topological polar surface area (TPSA) is 64.5 Å². The Labute approximate surface area is 99.4 Å². The van der Waals surface area contributed by atoms with Crippen molar-refractivity contribution in [3.63, 3.8) is 0 Å². The van der Waals surface area contributed by atoms with E-state index in [1.54, 1.807) is 0 Å². The van der Waals surface area contributed by atoms with Gasteiger partial charge < -0.3 is 20.8 Å². The molecule has 0 aliphatic heterocycles. The fourth-order valence-electron chi connectivity index (χ4n) is 1.60. The molecule has 2 unspecified atom stereocenters. The molecule has 0 saturated carbocycles. The molecule has 0 aromatic carbocycles. The minimum Gasteiger partial charge on any atom is -0.395 e. The van der Waals surface area contributed by atoms with Crippen molar-refractivity contribution in [2.24, 2.45) is 0 Å². The molecule has 0 saturated heterocycles. The lowest BCUT2D eigenvalue weighted by molar-refractivity contribution is 0.159. The Hall–Kier alpha value is -0.160. The molecule has 0 amide bonds. The molecular formula is C12H28N2O2. The molecule has 2 atom stereocenters. The highest BCUT2D eigenvalue weighted by Gasteiger charge is 2.18. The molecule has 16 heavy (non-hydrogen) atoms. The van der Waals surface area contributed by atoms with Gasteiger partial charge in [0.15, 0.2) is 0 Å². The van der Waals surface area contributed by atoms with Crippen LogP contribution in [-0.4, -0.2) is 48.6 Å². The number of hydrogen-bond donors (Lipinski definition) is 4. The summed E-state index contributed by atoms with van der Waals surface area (Å²) in [5.74, 6) is 0. The van der Waals surface area contributed by atoms with E-state index >= 15 is 0 Å². The van der Waals surface area contributed by atoms with Gasteiger partial charge in [-0.15, -0.1) is 0 Å². The maximum atomic E-state index is 9.27. The molecule has 0 aromatic heterocycles. The fourth-order valence-corrected chi connectivity index (χ4v) is 1.60. The molecule has 0 aliphatic rings. The van der Waals surface area contributed by atoms with E-state index in [-0.39, 0.29) is 25.3 Å². The van der Waals surface area contributed by atoms with Crippen molar-refractivity contribution in [2.75, 3.05) is 26.3 Å². The molecule has 4 nitrogen and oxygen atoms in total. The Bertz CT molecular complexity index is 129. The van der Waals surface area contributed by atoms with Crippen molar-refractivity contribution in [3.05, 3.63) is 0 Å². The van der Waals surface area contributed by atoms with Crippen LogP contribution in [0, 0.1) is 0 Å². The second-order valence-electron chi connectivity index (χ2n) is 4.19. The third-order valence-electron chi connectivity index (χ3n) is 2.75. The monoisotopic (exact) mass is 232 g/mol. The Balaban J connectivity index is 3.85. The molecule has 0 radical (unpaired) electrons. The number of aliphatic hydroxyl groups excluding tert-OH is 2. The van der Waals surface area contributed by atoms with E-state index < -0.39 is 0 Å². The lowest BCUT2D eigenvalue weighted by Crippen LogP contribution is -2.52. The number of aliphatic hydroxyl groups is 2. The van der Waals surface area contributed by atoms with E-state index in [9.17, 15) is 10.2 Å². The van der Waals surface area contributed by atoms with Crippen LogP contribution in [-0.2, 0) is 0 Å². The first-order valence-corrected chi connectivity index (χ1v) is 6.48. The smallest absolute Gasteiger partial charge is 0.0600 e. The average Bonchev–Trinajstić information content (AvgIpc) is 2.31. The normalized spacial score (nSPS) is 15.0. The molecule has 0 aromatic rings. The quantitative estimate of drug-likeness (QED) is 0.391. The zero-order valence-electron chi connectivity index (χ0n) is 10.7. The van der Waals surface area contributed by atoms with Crippen LogP contribution in [0.1, 0.15) is 39.5 Å². The predicted octanol–water partition coefficient (Wildman–Crippen LogP) is 0.488. The summed E-state index contributed by atoms with van der Waals surface area (Å²) in [5, 5.41) is 25.1. The number of hydrogen-bond acceptors (Lipinski definition) is 4. The van der Waals surface area contributed by atoms with Crippen molar-refractivity contribution in [1.29, 1.82) is 0 Å². The van der Waals surface area contributed by atoms with Crippen LogP contribution in [0.15, 0.2) is 0 Å². The van der Waals surface area contributed by atoms with Gasteiger partial charge in [-0.25, -0.2) is 0 Å². The molecular weight excluding hydrogens is 204 g/mol. The summed E-state index contributed by atoms with van der Waals surface area (Å²) in [5.41, 5.74) is 0. The van der Waals surface area contributed by atoms with E-state index in [1.807, 2.05) is 0 Å². The second-order valence-corrected chi connectivity index (χ2v) is 4.19.